The van der Waals surface area contributed by atoms with Gasteiger partial charge >= 0.3 is 0 Å². The number of aromatic nitrogens is 2. The molecule has 1 saturated heterocycles. The highest BCUT2D eigenvalue weighted by atomic mass is 35.5. The van der Waals surface area contributed by atoms with Gasteiger partial charge in [0.25, 0.3) is 5.56 Å². The number of amides is 1. The fourth-order valence-electron chi connectivity index (χ4n) is 3.64. The number of carbonyl (C=O) groups is 1. The van der Waals surface area contributed by atoms with Crippen molar-refractivity contribution in [1.82, 2.24) is 14.9 Å². The number of nitrogens with one attached hydrogen (secondary N) is 1. The van der Waals surface area contributed by atoms with Gasteiger partial charge < -0.3 is 14.6 Å². The number of benzene rings is 2. The van der Waals surface area contributed by atoms with Crippen LogP contribution in [0.15, 0.2) is 47.3 Å². The number of hydrogen-bond donors (Lipinski definition) is 1. The summed E-state index contributed by atoms with van der Waals surface area (Å²) in [5, 5.41) is 1.41. The molecule has 2 aromatic carbocycles. The van der Waals surface area contributed by atoms with Gasteiger partial charge in [-0.15, -0.1) is 0 Å². The monoisotopic (exact) mass is 445 g/mol. The lowest BCUT2D eigenvalue weighted by molar-refractivity contribution is -0.132. The highest BCUT2D eigenvalue weighted by molar-refractivity contribution is 6.36. The molecule has 0 aliphatic carbocycles. The van der Waals surface area contributed by atoms with Crippen LogP contribution in [-0.4, -0.2) is 40.0 Å². The first-order valence-corrected chi connectivity index (χ1v) is 10.6. The van der Waals surface area contributed by atoms with E-state index in [0.29, 0.717) is 45.5 Å². The molecule has 1 aliphatic heterocycles. The highest BCUT2D eigenvalue weighted by Gasteiger charge is 2.25. The third kappa shape index (κ3) is 4.67. The summed E-state index contributed by atoms with van der Waals surface area (Å²) in [6.07, 6.45) is 1.87. The Morgan fingerprint density at radius 2 is 1.93 bits per heavy atom. The van der Waals surface area contributed by atoms with Crippen molar-refractivity contribution in [3.63, 3.8) is 0 Å². The molecule has 0 saturated carbocycles. The molecule has 6 nitrogen and oxygen atoms in total. The van der Waals surface area contributed by atoms with Crippen molar-refractivity contribution in [2.45, 2.75) is 31.9 Å². The molecule has 0 bridgehead atoms. The Labute approximate surface area is 183 Å². The molecule has 1 fully saturated rings. The molecule has 1 amide bonds. The van der Waals surface area contributed by atoms with Gasteiger partial charge in [-0.1, -0.05) is 41.4 Å². The zero-order valence-corrected chi connectivity index (χ0v) is 17.7. The molecule has 0 spiro atoms. The number of aromatic amines is 1. The first kappa shape index (κ1) is 20.8. The summed E-state index contributed by atoms with van der Waals surface area (Å²) in [7, 11) is 0. The predicted octanol–water partition coefficient (Wildman–Crippen LogP) is 3.98. The van der Waals surface area contributed by atoms with Crippen molar-refractivity contribution in [3.8, 4) is 0 Å². The van der Waals surface area contributed by atoms with Crippen LogP contribution in [0.25, 0.3) is 10.9 Å². The number of fused-ring (bicyclic) bond motifs is 1. The Balaban J connectivity index is 1.61. The smallest absolute Gasteiger partial charge is 0.258 e. The Kier molecular flexibility index (Phi) is 6.37. The average molecular weight is 446 g/mol. The molecular weight excluding hydrogens is 425 g/mol. The lowest BCUT2D eigenvalue weighted by Crippen LogP contribution is -2.38. The van der Waals surface area contributed by atoms with E-state index in [9.17, 15) is 9.59 Å². The van der Waals surface area contributed by atoms with Gasteiger partial charge in [0.1, 0.15) is 5.82 Å². The Hall–Kier alpha value is -2.41. The van der Waals surface area contributed by atoms with E-state index in [4.69, 9.17) is 27.9 Å². The van der Waals surface area contributed by atoms with E-state index in [-0.39, 0.29) is 30.5 Å². The van der Waals surface area contributed by atoms with E-state index < -0.39 is 0 Å². The Bertz CT molecular complexity index is 1110. The van der Waals surface area contributed by atoms with Crippen LogP contribution in [0.3, 0.4) is 0 Å². The quantitative estimate of drug-likeness (QED) is 0.622. The standard InChI is InChI=1S/C22H21Cl2N3O3/c23-17-7-3-8-18(24)16(17)11-21(28)27(12-14-5-4-10-30-14)13-20-25-19-9-2-1-6-15(19)22(29)26-20/h1-3,6-9,14H,4-5,10-13H2,(H,25,26,29)/t14-/m0/s1. The van der Waals surface area contributed by atoms with Gasteiger partial charge in [-0.25, -0.2) is 4.98 Å². The maximum absolute atomic E-state index is 13.2. The van der Waals surface area contributed by atoms with Gasteiger partial charge in [-0.05, 0) is 42.7 Å². The van der Waals surface area contributed by atoms with Gasteiger partial charge in [0.2, 0.25) is 5.91 Å². The predicted molar refractivity (Wildman–Crippen MR) is 117 cm³/mol. The number of H-pyrrole nitrogens is 1. The topological polar surface area (TPSA) is 75.3 Å². The molecule has 0 unspecified atom stereocenters. The molecule has 1 atom stereocenters. The second-order valence-corrected chi connectivity index (χ2v) is 8.13. The minimum absolute atomic E-state index is 0.0390. The second kappa shape index (κ2) is 9.16. The van der Waals surface area contributed by atoms with Crippen molar-refractivity contribution in [2.24, 2.45) is 0 Å². The number of carbonyl (C=O) groups excluding carboxylic acids is 1. The lowest BCUT2D eigenvalue weighted by atomic mass is 10.1. The Morgan fingerprint density at radius 3 is 2.67 bits per heavy atom. The Morgan fingerprint density at radius 1 is 1.17 bits per heavy atom. The van der Waals surface area contributed by atoms with Crippen molar-refractivity contribution < 1.29 is 9.53 Å². The molecule has 0 radical (unpaired) electrons. The summed E-state index contributed by atoms with van der Waals surface area (Å²) in [5.74, 6) is 0.270. The number of halogens is 2. The van der Waals surface area contributed by atoms with Crippen molar-refractivity contribution in [2.75, 3.05) is 13.2 Å². The van der Waals surface area contributed by atoms with Gasteiger partial charge in [-0.2, -0.15) is 0 Å². The summed E-state index contributed by atoms with van der Waals surface area (Å²) in [6.45, 7) is 1.27. The van der Waals surface area contributed by atoms with E-state index in [1.165, 1.54) is 0 Å². The van der Waals surface area contributed by atoms with Crippen LogP contribution in [0.4, 0.5) is 0 Å². The third-order valence-corrected chi connectivity index (χ3v) is 5.90. The lowest BCUT2D eigenvalue weighted by Gasteiger charge is -2.25. The summed E-state index contributed by atoms with van der Waals surface area (Å²) in [5.41, 5.74) is 0.951. The molecule has 8 heteroatoms. The number of para-hydroxylation sites is 1. The normalized spacial score (nSPS) is 16.1. The van der Waals surface area contributed by atoms with Gasteiger partial charge in [0.05, 0.1) is 30.0 Å². The zero-order valence-electron chi connectivity index (χ0n) is 16.2. The number of nitrogens with zero attached hydrogens (tertiary/aromatic N) is 2. The fraction of sp³-hybridized carbons (Fsp3) is 0.318. The van der Waals surface area contributed by atoms with Gasteiger partial charge in [-0.3, -0.25) is 9.59 Å². The number of hydrogen-bond acceptors (Lipinski definition) is 4. The average Bonchev–Trinajstić information content (AvgIpc) is 3.23. The number of rotatable bonds is 6. The van der Waals surface area contributed by atoms with E-state index >= 15 is 0 Å². The van der Waals surface area contributed by atoms with E-state index in [0.717, 1.165) is 12.8 Å². The second-order valence-electron chi connectivity index (χ2n) is 7.32. The molecule has 1 aliphatic rings. The summed E-state index contributed by atoms with van der Waals surface area (Å²) in [4.78, 5) is 34.6. The largest absolute Gasteiger partial charge is 0.376 e. The van der Waals surface area contributed by atoms with Crippen LogP contribution in [0, 0.1) is 0 Å². The van der Waals surface area contributed by atoms with Crippen LogP contribution in [0.2, 0.25) is 10.0 Å². The SMILES string of the molecule is O=C(Cc1c(Cl)cccc1Cl)N(Cc1nc2ccccc2c(=O)[nH]1)C[C@@H]1CCCO1. The first-order chi connectivity index (χ1) is 14.5. The van der Waals surface area contributed by atoms with Crippen molar-refractivity contribution in [1.29, 1.82) is 0 Å². The maximum Gasteiger partial charge on any atom is 0.258 e. The van der Waals surface area contributed by atoms with E-state index in [1.807, 2.05) is 6.07 Å². The molecule has 2 heterocycles. The van der Waals surface area contributed by atoms with Crippen LogP contribution >= 0.6 is 23.2 Å². The molecule has 1 N–H and O–H groups in total. The molecule has 3 aromatic rings. The van der Waals surface area contributed by atoms with Gasteiger partial charge in [0, 0.05) is 23.2 Å². The fourth-order valence-corrected chi connectivity index (χ4v) is 4.17. The van der Waals surface area contributed by atoms with Crippen molar-refractivity contribution >= 4 is 40.0 Å². The minimum atomic E-state index is -0.228. The highest BCUT2D eigenvalue weighted by Crippen LogP contribution is 2.26. The van der Waals surface area contributed by atoms with Crippen LogP contribution < -0.4 is 5.56 Å². The van der Waals surface area contributed by atoms with E-state index in [2.05, 4.69) is 9.97 Å². The molecule has 30 heavy (non-hydrogen) atoms. The summed E-state index contributed by atoms with van der Waals surface area (Å²) >= 11 is 12.5. The summed E-state index contributed by atoms with van der Waals surface area (Å²) in [6, 6.07) is 12.3. The van der Waals surface area contributed by atoms with Crippen molar-refractivity contribution in [3.05, 3.63) is 74.3 Å². The van der Waals surface area contributed by atoms with Gasteiger partial charge in [0.15, 0.2) is 0 Å². The van der Waals surface area contributed by atoms with Crippen LogP contribution in [0.5, 0.6) is 0 Å². The molecular formula is C22H21Cl2N3O3. The molecule has 4 rings (SSSR count). The summed E-state index contributed by atoms with van der Waals surface area (Å²) < 4.78 is 5.72. The third-order valence-electron chi connectivity index (χ3n) is 5.19. The van der Waals surface area contributed by atoms with E-state index in [1.54, 1.807) is 41.3 Å². The maximum atomic E-state index is 13.2. The minimum Gasteiger partial charge on any atom is -0.376 e. The van der Waals surface area contributed by atoms with Crippen LogP contribution in [0.1, 0.15) is 24.2 Å². The molecule has 1 aromatic heterocycles. The number of ether oxygens (including phenoxy) is 1. The molecule has 156 valence electrons. The first-order valence-electron chi connectivity index (χ1n) is 9.81. The van der Waals surface area contributed by atoms with Crippen LogP contribution in [-0.2, 0) is 22.5 Å². The zero-order chi connectivity index (χ0) is 21.1.